The Morgan fingerprint density at radius 2 is 1.89 bits per heavy atom. The van der Waals surface area contributed by atoms with Crippen LogP contribution < -0.4 is 10.4 Å². The van der Waals surface area contributed by atoms with E-state index in [1.807, 2.05) is 71.3 Å². The predicted octanol–water partition coefficient (Wildman–Crippen LogP) is 6.15. The van der Waals surface area contributed by atoms with Crippen LogP contribution in [0.5, 0.6) is 5.75 Å². The van der Waals surface area contributed by atoms with Crippen LogP contribution in [0, 0.1) is 0 Å². The van der Waals surface area contributed by atoms with Crippen molar-refractivity contribution in [2.45, 2.75) is 17.5 Å². The summed E-state index contributed by atoms with van der Waals surface area (Å²) < 4.78 is 18.6. The molecule has 3 heterocycles. The van der Waals surface area contributed by atoms with Gasteiger partial charge in [-0.25, -0.2) is 4.79 Å². The molecule has 36 heavy (non-hydrogen) atoms. The van der Waals surface area contributed by atoms with E-state index in [-0.39, 0.29) is 5.63 Å². The van der Waals surface area contributed by atoms with Crippen molar-refractivity contribution in [1.29, 1.82) is 0 Å². The number of thioether (sulfide) groups is 1. The molecule has 0 radical (unpaired) electrons. The van der Waals surface area contributed by atoms with Crippen molar-refractivity contribution in [3.05, 3.63) is 107 Å². The molecule has 0 atom stereocenters. The maximum Gasteiger partial charge on any atom is 0.336 e. The van der Waals surface area contributed by atoms with E-state index in [1.165, 1.54) is 11.8 Å². The fourth-order valence-electron chi connectivity index (χ4n) is 4.35. The smallest absolute Gasteiger partial charge is 0.336 e. The zero-order valence-corrected chi connectivity index (χ0v) is 20.2. The highest BCUT2D eigenvalue weighted by atomic mass is 32.2. The summed E-state index contributed by atoms with van der Waals surface area (Å²) in [6, 6.07) is 25.0. The summed E-state index contributed by atoms with van der Waals surface area (Å²) in [6.45, 7) is 0.468. The Morgan fingerprint density at radius 1 is 0.972 bits per heavy atom. The van der Waals surface area contributed by atoms with Gasteiger partial charge in [-0.15, -0.1) is 10.2 Å². The average Bonchev–Trinajstić information content (AvgIpc) is 3.57. The molecule has 0 bridgehead atoms. The fourth-order valence-corrected chi connectivity index (χ4v) is 5.27. The van der Waals surface area contributed by atoms with Gasteiger partial charge >= 0.3 is 5.63 Å². The van der Waals surface area contributed by atoms with Crippen LogP contribution >= 0.6 is 11.8 Å². The molecule has 0 aliphatic heterocycles. The highest BCUT2D eigenvalue weighted by Gasteiger charge is 2.18. The van der Waals surface area contributed by atoms with Crippen LogP contribution in [0.25, 0.3) is 33.1 Å². The van der Waals surface area contributed by atoms with Crippen LogP contribution in [0.1, 0.15) is 11.3 Å². The largest absolute Gasteiger partial charge is 0.497 e. The second-order valence-corrected chi connectivity index (χ2v) is 9.19. The van der Waals surface area contributed by atoms with Gasteiger partial charge in [-0.2, -0.15) is 0 Å². The number of aromatic nitrogens is 3. The van der Waals surface area contributed by atoms with Gasteiger partial charge in [-0.05, 0) is 46.7 Å². The number of hydrogen-bond donors (Lipinski definition) is 0. The molecule has 0 aliphatic rings. The molecule has 0 saturated carbocycles. The van der Waals surface area contributed by atoms with Crippen molar-refractivity contribution in [3.63, 3.8) is 0 Å². The number of nitrogens with zero attached hydrogens (tertiary/aromatic N) is 3. The van der Waals surface area contributed by atoms with Gasteiger partial charge in [0.2, 0.25) is 0 Å². The molecule has 6 rings (SSSR count). The van der Waals surface area contributed by atoms with E-state index in [4.69, 9.17) is 13.6 Å². The molecule has 0 spiro atoms. The molecule has 178 valence electrons. The number of hydrogen-bond acceptors (Lipinski definition) is 7. The van der Waals surface area contributed by atoms with E-state index in [9.17, 15) is 4.79 Å². The van der Waals surface area contributed by atoms with E-state index < -0.39 is 0 Å². The first-order valence-corrected chi connectivity index (χ1v) is 12.4. The minimum absolute atomic E-state index is 0.373. The molecule has 0 aliphatic carbocycles. The summed E-state index contributed by atoms with van der Waals surface area (Å²) in [7, 11) is 1.64. The highest BCUT2D eigenvalue weighted by molar-refractivity contribution is 7.98. The lowest BCUT2D eigenvalue weighted by atomic mass is 10.0. The van der Waals surface area contributed by atoms with E-state index in [0.29, 0.717) is 28.9 Å². The van der Waals surface area contributed by atoms with E-state index in [0.717, 1.165) is 38.8 Å². The zero-order valence-electron chi connectivity index (χ0n) is 19.4. The lowest BCUT2D eigenvalue weighted by Gasteiger charge is -2.11. The van der Waals surface area contributed by atoms with Crippen molar-refractivity contribution in [2.75, 3.05) is 7.11 Å². The molecule has 0 unspecified atom stereocenters. The molecule has 0 amide bonds. The maximum absolute atomic E-state index is 12.3. The average molecular weight is 496 g/mol. The number of furan rings is 1. The number of fused-ring (bicyclic) bond motifs is 3. The van der Waals surface area contributed by atoms with Crippen LogP contribution in [0.4, 0.5) is 0 Å². The molecule has 0 N–H and O–H groups in total. The van der Waals surface area contributed by atoms with E-state index >= 15 is 0 Å². The Morgan fingerprint density at radius 3 is 2.75 bits per heavy atom. The van der Waals surface area contributed by atoms with Crippen LogP contribution in [-0.2, 0) is 12.3 Å². The minimum Gasteiger partial charge on any atom is -0.497 e. The second-order valence-electron chi connectivity index (χ2n) is 8.24. The van der Waals surface area contributed by atoms with Gasteiger partial charge in [0.25, 0.3) is 0 Å². The van der Waals surface area contributed by atoms with Crippen LogP contribution in [0.2, 0.25) is 0 Å². The fraction of sp³-hybridized carbons (Fsp3) is 0.107. The summed E-state index contributed by atoms with van der Waals surface area (Å²) in [6.07, 6.45) is 1.65. The van der Waals surface area contributed by atoms with Crippen molar-refractivity contribution in [2.24, 2.45) is 0 Å². The molecule has 6 aromatic rings. The number of ether oxygens (including phenoxy) is 1. The molecular weight excluding hydrogens is 474 g/mol. The van der Waals surface area contributed by atoms with Crippen LogP contribution in [-0.4, -0.2) is 21.9 Å². The van der Waals surface area contributed by atoms with Crippen LogP contribution in [0.3, 0.4) is 0 Å². The van der Waals surface area contributed by atoms with Gasteiger partial charge in [0.05, 0.1) is 19.9 Å². The molecule has 8 heteroatoms. The van der Waals surface area contributed by atoms with Crippen molar-refractivity contribution >= 4 is 33.5 Å². The molecular formula is C28H21N3O4S. The lowest BCUT2D eigenvalue weighted by Crippen LogP contribution is -2.04. The summed E-state index contributed by atoms with van der Waals surface area (Å²) >= 11 is 1.52. The summed E-state index contributed by atoms with van der Waals surface area (Å²) in [5.74, 6) is 2.75. The quantitative estimate of drug-likeness (QED) is 0.149. The minimum atomic E-state index is -0.373. The lowest BCUT2D eigenvalue weighted by molar-refractivity contribution is 0.415. The second kappa shape index (κ2) is 9.39. The highest BCUT2D eigenvalue weighted by Crippen LogP contribution is 2.33. The van der Waals surface area contributed by atoms with Crippen LogP contribution in [0.15, 0.2) is 104 Å². The van der Waals surface area contributed by atoms with Gasteiger partial charge in [-0.3, -0.25) is 4.57 Å². The van der Waals surface area contributed by atoms with Crippen molar-refractivity contribution in [1.82, 2.24) is 14.8 Å². The number of benzene rings is 3. The van der Waals surface area contributed by atoms with E-state index in [2.05, 4.69) is 16.3 Å². The molecule has 0 saturated heterocycles. The Labute approximate surface area is 210 Å². The van der Waals surface area contributed by atoms with Crippen molar-refractivity contribution < 1.29 is 13.6 Å². The van der Waals surface area contributed by atoms with Crippen molar-refractivity contribution in [3.8, 4) is 17.1 Å². The Kier molecular flexibility index (Phi) is 5.79. The first kappa shape index (κ1) is 22.2. The van der Waals surface area contributed by atoms with Gasteiger partial charge in [0, 0.05) is 22.8 Å². The molecule has 3 aromatic heterocycles. The Balaban J connectivity index is 1.41. The summed E-state index contributed by atoms with van der Waals surface area (Å²) in [5, 5.41) is 12.8. The van der Waals surface area contributed by atoms with Gasteiger partial charge < -0.3 is 13.6 Å². The summed E-state index contributed by atoms with van der Waals surface area (Å²) in [4.78, 5) is 12.3. The Hall–Kier alpha value is -4.30. The third-order valence-corrected chi connectivity index (χ3v) is 7.03. The number of rotatable bonds is 7. The Bertz CT molecular complexity index is 1740. The maximum atomic E-state index is 12.3. The van der Waals surface area contributed by atoms with Gasteiger partial charge in [0.15, 0.2) is 11.0 Å². The van der Waals surface area contributed by atoms with Gasteiger partial charge in [-0.1, -0.05) is 54.2 Å². The SMILES string of the molecule is COc1cccc(-c2nnc(SCc3cc(=O)oc4ccc5ccccc5c34)n2Cc2ccco2)c1. The molecule has 3 aromatic carbocycles. The number of methoxy groups -OCH3 is 1. The topological polar surface area (TPSA) is 83.3 Å². The third-order valence-electron chi connectivity index (χ3n) is 6.01. The van der Waals surface area contributed by atoms with E-state index in [1.54, 1.807) is 19.4 Å². The molecule has 0 fully saturated rings. The third kappa shape index (κ3) is 4.16. The molecule has 7 nitrogen and oxygen atoms in total. The summed E-state index contributed by atoms with van der Waals surface area (Å²) in [5.41, 5.74) is 1.98. The monoisotopic (exact) mass is 495 g/mol. The zero-order chi connectivity index (χ0) is 24.5. The first-order valence-electron chi connectivity index (χ1n) is 11.4. The van der Waals surface area contributed by atoms with Gasteiger partial charge in [0.1, 0.15) is 17.1 Å². The normalized spacial score (nSPS) is 11.4. The standard InChI is InChI=1S/C28H21N3O4S/c1-33-21-8-4-7-19(14-21)27-29-30-28(31(27)16-22-9-5-13-34-22)36-17-20-15-25(32)35-24-12-11-18-6-2-3-10-23(18)26(20)24/h2-15H,16-17H2,1H3. The predicted molar refractivity (Wildman–Crippen MR) is 139 cm³/mol. The first-order chi connectivity index (χ1) is 17.7.